The third kappa shape index (κ3) is 1.92. The van der Waals surface area contributed by atoms with Gasteiger partial charge in [0.2, 0.25) is 0 Å². The minimum absolute atomic E-state index is 0.0472. The summed E-state index contributed by atoms with van der Waals surface area (Å²) in [5.74, 6) is 0.263. The fourth-order valence-corrected chi connectivity index (χ4v) is 3.58. The van der Waals surface area contributed by atoms with Gasteiger partial charge in [0.05, 0.1) is 18.3 Å². The second-order valence-electron chi connectivity index (χ2n) is 5.09. The molecular weight excluding hydrogens is 254 g/mol. The Hall–Kier alpha value is -1.36. The van der Waals surface area contributed by atoms with Crippen LogP contribution in [0.15, 0.2) is 12.4 Å². The van der Waals surface area contributed by atoms with Crippen LogP contribution < -0.4 is 5.32 Å². The molecule has 2 N–H and O–H groups in total. The highest BCUT2D eigenvalue weighted by molar-refractivity contribution is 6.29. The van der Waals surface area contributed by atoms with Gasteiger partial charge in [-0.3, -0.25) is 9.78 Å². The SMILES string of the molecule is O=C(O)C1C2CCC(C2)C1Nc1cncc(Cl)n1. The van der Waals surface area contributed by atoms with Gasteiger partial charge >= 0.3 is 5.97 Å². The van der Waals surface area contributed by atoms with Crippen LogP contribution in [0.3, 0.4) is 0 Å². The Kier molecular flexibility index (Phi) is 2.86. The Balaban J connectivity index is 1.81. The summed E-state index contributed by atoms with van der Waals surface area (Å²) in [5.41, 5.74) is 0. The lowest BCUT2D eigenvalue weighted by Gasteiger charge is -2.29. The molecule has 1 aromatic heterocycles. The third-order valence-corrected chi connectivity index (χ3v) is 4.30. The number of aliphatic carboxylic acids is 1. The van der Waals surface area contributed by atoms with E-state index in [4.69, 9.17) is 11.6 Å². The number of fused-ring (bicyclic) bond motifs is 2. The Morgan fingerprint density at radius 1 is 1.39 bits per heavy atom. The molecule has 0 aliphatic heterocycles. The van der Waals surface area contributed by atoms with Crippen LogP contribution in [-0.4, -0.2) is 27.1 Å². The predicted molar refractivity (Wildman–Crippen MR) is 66.4 cm³/mol. The van der Waals surface area contributed by atoms with Crippen molar-refractivity contribution in [2.45, 2.75) is 25.3 Å². The molecule has 1 aromatic rings. The molecule has 2 fully saturated rings. The number of nitrogens with one attached hydrogen (secondary N) is 1. The molecule has 0 spiro atoms. The molecule has 0 saturated heterocycles. The zero-order valence-corrected chi connectivity index (χ0v) is 10.5. The van der Waals surface area contributed by atoms with Gasteiger partial charge in [0.25, 0.3) is 0 Å². The van der Waals surface area contributed by atoms with Crippen molar-refractivity contribution in [2.24, 2.45) is 17.8 Å². The molecule has 0 amide bonds. The normalized spacial score (nSPS) is 33.6. The lowest BCUT2D eigenvalue weighted by atomic mass is 9.84. The highest BCUT2D eigenvalue weighted by atomic mass is 35.5. The fourth-order valence-electron chi connectivity index (χ4n) is 3.44. The first-order chi connectivity index (χ1) is 8.65. The molecule has 2 bridgehead atoms. The average Bonchev–Trinajstić information content (AvgIpc) is 2.89. The van der Waals surface area contributed by atoms with Gasteiger partial charge in [-0.25, -0.2) is 4.98 Å². The van der Waals surface area contributed by atoms with Gasteiger partial charge in [-0.15, -0.1) is 0 Å². The molecular formula is C12H14ClN3O2. The summed E-state index contributed by atoms with van der Waals surface area (Å²) in [7, 11) is 0. The van der Waals surface area contributed by atoms with Crippen molar-refractivity contribution in [3.05, 3.63) is 17.5 Å². The summed E-state index contributed by atoms with van der Waals surface area (Å²) in [6.07, 6.45) is 6.17. The molecule has 5 nitrogen and oxygen atoms in total. The fraction of sp³-hybridized carbons (Fsp3) is 0.583. The minimum Gasteiger partial charge on any atom is -0.481 e. The Morgan fingerprint density at radius 2 is 2.17 bits per heavy atom. The van der Waals surface area contributed by atoms with Crippen LogP contribution in [0.25, 0.3) is 0 Å². The van der Waals surface area contributed by atoms with Gasteiger partial charge in [0.15, 0.2) is 0 Å². The number of carboxylic acid groups (broad SMARTS) is 1. The van der Waals surface area contributed by atoms with Crippen LogP contribution >= 0.6 is 11.6 Å². The topological polar surface area (TPSA) is 75.1 Å². The van der Waals surface area contributed by atoms with E-state index in [1.165, 1.54) is 6.20 Å². The number of aromatic nitrogens is 2. The molecule has 4 atom stereocenters. The number of hydrogen-bond donors (Lipinski definition) is 2. The quantitative estimate of drug-likeness (QED) is 0.877. The van der Waals surface area contributed by atoms with Crippen LogP contribution in [0, 0.1) is 17.8 Å². The van der Waals surface area contributed by atoms with Crippen molar-refractivity contribution in [1.29, 1.82) is 0 Å². The Labute approximate surface area is 110 Å². The number of hydrogen-bond acceptors (Lipinski definition) is 4. The molecule has 2 saturated carbocycles. The maximum atomic E-state index is 11.4. The highest BCUT2D eigenvalue weighted by Crippen LogP contribution is 2.49. The van der Waals surface area contributed by atoms with Crippen LogP contribution in [-0.2, 0) is 4.79 Å². The van der Waals surface area contributed by atoms with Gasteiger partial charge in [-0.1, -0.05) is 11.6 Å². The molecule has 1 heterocycles. The largest absolute Gasteiger partial charge is 0.481 e. The van der Waals surface area contributed by atoms with E-state index in [-0.39, 0.29) is 12.0 Å². The van der Waals surface area contributed by atoms with E-state index in [2.05, 4.69) is 15.3 Å². The van der Waals surface area contributed by atoms with Gasteiger partial charge in [-0.05, 0) is 31.1 Å². The summed E-state index contributed by atoms with van der Waals surface area (Å²) in [4.78, 5) is 19.4. The summed E-state index contributed by atoms with van der Waals surface area (Å²) >= 11 is 5.78. The second kappa shape index (κ2) is 4.39. The third-order valence-electron chi connectivity index (χ3n) is 4.12. The number of nitrogens with zero attached hydrogens (tertiary/aromatic N) is 2. The van der Waals surface area contributed by atoms with Gasteiger partial charge in [-0.2, -0.15) is 0 Å². The Bertz CT molecular complexity index is 482. The van der Waals surface area contributed by atoms with Crippen molar-refractivity contribution in [3.8, 4) is 0 Å². The van der Waals surface area contributed by atoms with Crippen molar-refractivity contribution in [1.82, 2.24) is 9.97 Å². The summed E-state index contributed by atoms with van der Waals surface area (Å²) in [6.45, 7) is 0. The van der Waals surface area contributed by atoms with Crippen molar-refractivity contribution >= 4 is 23.4 Å². The first-order valence-electron chi connectivity index (χ1n) is 6.12. The summed E-state index contributed by atoms with van der Waals surface area (Å²) in [5, 5.41) is 12.9. The molecule has 0 radical (unpaired) electrons. The maximum absolute atomic E-state index is 11.4. The van der Waals surface area contributed by atoms with Crippen LogP contribution in [0.2, 0.25) is 5.15 Å². The van der Waals surface area contributed by atoms with Crippen molar-refractivity contribution < 1.29 is 9.90 Å². The number of rotatable bonds is 3. The van der Waals surface area contributed by atoms with Crippen molar-refractivity contribution in [2.75, 3.05) is 5.32 Å². The number of carboxylic acids is 1. The van der Waals surface area contributed by atoms with E-state index < -0.39 is 5.97 Å². The van der Waals surface area contributed by atoms with Crippen LogP contribution in [0.4, 0.5) is 5.82 Å². The van der Waals surface area contributed by atoms with Crippen LogP contribution in [0.5, 0.6) is 0 Å². The standard InChI is InChI=1S/C12H14ClN3O2/c13-8-4-14-5-9(15-8)16-11-7-2-1-6(3-7)10(11)12(17)18/h4-7,10-11H,1-3H2,(H,15,16)(H,17,18). The van der Waals surface area contributed by atoms with E-state index in [0.29, 0.717) is 22.8 Å². The lowest BCUT2D eigenvalue weighted by molar-refractivity contribution is -0.143. The molecule has 2 aliphatic carbocycles. The molecule has 4 unspecified atom stereocenters. The monoisotopic (exact) mass is 267 g/mol. The van der Waals surface area contributed by atoms with E-state index >= 15 is 0 Å². The van der Waals surface area contributed by atoms with Gasteiger partial charge < -0.3 is 10.4 Å². The molecule has 96 valence electrons. The van der Waals surface area contributed by atoms with E-state index in [9.17, 15) is 9.90 Å². The summed E-state index contributed by atoms with van der Waals surface area (Å²) in [6, 6.07) is -0.0472. The van der Waals surface area contributed by atoms with E-state index in [1.54, 1.807) is 6.20 Å². The number of carbonyl (C=O) groups is 1. The average molecular weight is 268 g/mol. The molecule has 0 aromatic carbocycles. The Morgan fingerprint density at radius 3 is 2.89 bits per heavy atom. The van der Waals surface area contributed by atoms with Crippen molar-refractivity contribution in [3.63, 3.8) is 0 Å². The molecule has 3 rings (SSSR count). The first kappa shape index (κ1) is 11.7. The number of anilines is 1. The zero-order valence-electron chi connectivity index (χ0n) is 9.71. The van der Waals surface area contributed by atoms with Gasteiger partial charge in [0, 0.05) is 6.04 Å². The van der Waals surface area contributed by atoms with Gasteiger partial charge in [0.1, 0.15) is 11.0 Å². The van der Waals surface area contributed by atoms with Crippen LogP contribution in [0.1, 0.15) is 19.3 Å². The predicted octanol–water partition coefficient (Wildman–Crippen LogP) is 2.04. The molecule has 2 aliphatic rings. The van der Waals surface area contributed by atoms with E-state index in [1.807, 2.05) is 0 Å². The first-order valence-corrected chi connectivity index (χ1v) is 6.50. The van der Waals surface area contributed by atoms with E-state index in [0.717, 1.165) is 19.3 Å². The lowest BCUT2D eigenvalue weighted by Crippen LogP contribution is -2.39. The zero-order chi connectivity index (χ0) is 12.7. The minimum atomic E-state index is -0.713. The maximum Gasteiger partial charge on any atom is 0.308 e. The second-order valence-corrected chi connectivity index (χ2v) is 5.48. The molecule has 6 heteroatoms. The smallest absolute Gasteiger partial charge is 0.308 e. The molecule has 18 heavy (non-hydrogen) atoms. The number of halogens is 1. The highest BCUT2D eigenvalue weighted by Gasteiger charge is 2.51. The summed E-state index contributed by atoms with van der Waals surface area (Å²) < 4.78 is 0.